The largest absolute Gasteiger partial charge is 0.379 e. The minimum absolute atomic E-state index is 0.177. The molecule has 0 spiro atoms. The van der Waals surface area contributed by atoms with Crippen LogP contribution in [0.5, 0.6) is 0 Å². The van der Waals surface area contributed by atoms with Crippen LogP contribution >= 0.6 is 0 Å². The molecule has 0 aromatic rings. The maximum Gasteiger partial charge on any atom is 0.0594 e. The van der Waals surface area contributed by atoms with Crippen LogP contribution in [0.25, 0.3) is 0 Å². The monoisotopic (exact) mass is 268 g/mol. The summed E-state index contributed by atoms with van der Waals surface area (Å²) in [6.45, 7) is 16.2. The van der Waals surface area contributed by atoms with Gasteiger partial charge >= 0.3 is 0 Å². The van der Waals surface area contributed by atoms with Crippen molar-refractivity contribution < 1.29 is 4.74 Å². The molecule has 112 valence electrons. The molecule has 0 aromatic carbocycles. The van der Waals surface area contributed by atoms with E-state index in [9.17, 15) is 0 Å². The molecule has 1 saturated heterocycles. The average molecular weight is 268 g/mol. The van der Waals surface area contributed by atoms with Gasteiger partial charge in [-0.2, -0.15) is 0 Å². The summed E-state index contributed by atoms with van der Waals surface area (Å²) in [6, 6.07) is 0.417. The SMILES string of the molecule is CCCNC(C=C(C)C)C(C)(CC)N1CCOCC1. The molecule has 0 aromatic heterocycles. The van der Waals surface area contributed by atoms with Gasteiger partial charge in [-0.3, -0.25) is 4.90 Å². The van der Waals surface area contributed by atoms with Gasteiger partial charge in [0.15, 0.2) is 0 Å². The number of hydrogen-bond donors (Lipinski definition) is 1. The van der Waals surface area contributed by atoms with Crippen molar-refractivity contribution in [3.63, 3.8) is 0 Å². The molecule has 1 N–H and O–H groups in total. The molecule has 1 aliphatic rings. The first-order chi connectivity index (χ1) is 9.04. The van der Waals surface area contributed by atoms with Crippen LogP contribution in [0.2, 0.25) is 0 Å². The van der Waals surface area contributed by atoms with Crippen LogP contribution < -0.4 is 5.32 Å². The van der Waals surface area contributed by atoms with Gasteiger partial charge in [0.2, 0.25) is 0 Å². The van der Waals surface area contributed by atoms with E-state index in [2.05, 4.69) is 50.9 Å². The fourth-order valence-electron chi connectivity index (χ4n) is 2.81. The third kappa shape index (κ3) is 4.59. The van der Waals surface area contributed by atoms with Gasteiger partial charge in [0.05, 0.1) is 13.2 Å². The van der Waals surface area contributed by atoms with Crippen molar-refractivity contribution in [2.45, 2.75) is 59.0 Å². The van der Waals surface area contributed by atoms with E-state index in [4.69, 9.17) is 4.74 Å². The Bertz CT molecular complexity index is 280. The molecule has 2 unspecified atom stereocenters. The van der Waals surface area contributed by atoms with Crippen LogP contribution in [0.4, 0.5) is 0 Å². The Labute approximate surface area is 119 Å². The highest BCUT2D eigenvalue weighted by molar-refractivity contribution is 5.11. The Kier molecular flexibility index (Phi) is 7.05. The van der Waals surface area contributed by atoms with Gasteiger partial charge in [-0.05, 0) is 40.2 Å². The summed E-state index contributed by atoms with van der Waals surface area (Å²) in [7, 11) is 0. The lowest BCUT2D eigenvalue weighted by molar-refractivity contribution is -0.0262. The summed E-state index contributed by atoms with van der Waals surface area (Å²) >= 11 is 0. The summed E-state index contributed by atoms with van der Waals surface area (Å²) in [5, 5.41) is 3.73. The first-order valence-corrected chi connectivity index (χ1v) is 7.75. The minimum Gasteiger partial charge on any atom is -0.379 e. The number of hydrogen-bond acceptors (Lipinski definition) is 3. The molecule has 1 aliphatic heterocycles. The lowest BCUT2D eigenvalue weighted by Crippen LogP contribution is -2.61. The van der Waals surface area contributed by atoms with Crippen molar-refractivity contribution >= 4 is 0 Å². The minimum atomic E-state index is 0.177. The van der Waals surface area contributed by atoms with E-state index in [1.165, 1.54) is 12.0 Å². The molecule has 1 heterocycles. The predicted octanol–water partition coefficient (Wildman–Crippen LogP) is 2.82. The van der Waals surface area contributed by atoms with Gasteiger partial charge in [-0.25, -0.2) is 0 Å². The second-order valence-electron chi connectivity index (χ2n) is 5.99. The summed E-state index contributed by atoms with van der Waals surface area (Å²) in [5.41, 5.74) is 1.57. The molecule has 0 bridgehead atoms. The van der Waals surface area contributed by atoms with Gasteiger partial charge in [0, 0.05) is 24.7 Å². The normalized spacial score (nSPS) is 21.7. The second kappa shape index (κ2) is 8.03. The zero-order chi connectivity index (χ0) is 14.3. The summed E-state index contributed by atoms with van der Waals surface area (Å²) in [6.07, 6.45) is 4.72. The summed E-state index contributed by atoms with van der Waals surface area (Å²) < 4.78 is 5.50. The smallest absolute Gasteiger partial charge is 0.0594 e. The molecule has 1 fully saturated rings. The molecule has 0 radical (unpaired) electrons. The van der Waals surface area contributed by atoms with Crippen molar-refractivity contribution in [3.05, 3.63) is 11.6 Å². The Morgan fingerprint density at radius 3 is 2.42 bits per heavy atom. The predicted molar refractivity (Wildman–Crippen MR) is 82.6 cm³/mol. The highest BCUT2D eigenvalue weighted by Gasteiger charge is 2.37. The molecule has 19 heavy (non-hydrogen) atoms. The third-order valence-electron chi connectivity index (χ3n) is 4.23. The number of morpholine rings is 1. The van der Waals surface area contributed by atoms with Gasteiger partial charge < -0.3 is 10.1 Å². The van der Waals surface area contributed by atoms with Gasteiger partial charge in [-0.15, -0.1) is 0 Å². The zero-order valence-corrected chi connectivity index (χ0v) is 13.5. The Balaban J connectivity index is 2.87. The van der Waals surface area contributed by atoms with E-state index in [-0.39, 0.29) is 5.54 Å². The molecular weight excluding hydrogens is 236 g/mol. The van der Waals surface area contributed by atoms with Crippen LogP contribution in [-0.2, 0) is 4.74 Å². The quantitative estimate of drug-likeness (QED) is 0.719. The number of nitrogens with one attached hydrogen (secondary N) is 1. The Hall–Kier alpha value is -0.380. The number of ether oxygens (including phenoxy) is 1. The van der Waals surface area contributed by atoms with Crippen molar-refractivity contribution in [1.82, 2.24) is 10.2 Å². The maximum absolute atomic E-state index is 5.50. The van der Waals surface area contributed by atoms with Crippen molar-refractivity contribution in [3.8, 4) is 0 Å². The van der Waals surface area contributed by atoms with Crippen molar-refractivity contribution in [2.24, 2.45) is 0 Å². The van der Waals surface area contributed by atoms with Gasteiger partial charge in [0.1, 0.15) is 0 Å². The topological polar surface area (TPSA) is 24.5 Å². The van der Waals surface area contributed by atoms with E-state index in [0.717, 1.165) is 39.3 Å². The number of rotatable bonds is 7. The first-order valence-electron chi connectivity index (χ1n) is 7.75. The number of nitrogens with zero attached hydrogens (tertiary/aromatic N) is 1. The van der Waals surface area contributed by atoms with E-state index in [1.54, 1.807) is 0 Å². The van der Waals surface area contributed by atoms with Crippen LogP contribution in [-0.4, -0.2) is 49.3 Å². The molecule has 2 atom stereocenters. The maximum atomic E-state index is 5.50. The fraction of sp³-hybridized carbons (Fsp3) is 0.875. The van der Waals surface area contributed by atoms with E-state index in [1.807, 2.05) is 0 Å². The second-order valence-corrected chi connectivity index (χ2v) is 5.99. The lowest BCUT2D eigenvalue weighted by atomic mass is 9.85. The summed E-state index contributed by atoms with van der Waals surface area (Å²) in [5.74, 6) is 0. The standard InChI is InChI=1S/C16H32N2O/c1-6-8-17-15(13-14(3)4)16(5,7-2)18-9-11-19-12-10-18/h13,15,17H,6-12H2,1-5H3. The van der Waals surface area contributed by atoms with Gasteiger partial charge in [0.25, 0.3) is 0 Å². The molecular formula is C16H32N2O. The van der Waals surface area contributed by atoms with Crippen LogP contribution in [0.1, 0.15) is 47.5 Å². The molecule has 0 saturated carbocycles. The van der Waals surface area contributed by atoms with Crippen LogP contribution in [0.15, 0.2) is 11.6 Å². The molecule has 0 amide bonds. The first kappa shape index (κ1) is 16.7. The fourth-order valence-corrected chi connectivity index (χ4v) is 2.81. The van der Waals surface area contributed by atoms with Crippen LogP contribution in [0, 0.1) is 0 Å². The van der Waals surface area contributed by atoms with E-state index >= 15 is 0 Å². The third-order valence-corrected chi connectivity index (χ3v) is 4.23. The van der Waals surface area contributed by atoms with Crippen LogP contribution in [0.3, 0.4) is 0 Å². The zero-order valence-electron chi connectivity index (χ0n) is 13.5. The molecule has 3 nitrogen and oxygen atoms in total. The molecule has 0 aliphatic carbocycles. The lowest BCUT2D eigenvalue weighted by Gasteiger charge is -2.47. The van der Waals surface area contributed by atoms with Crippen molar-refractivity contribution in [2.75, 3.05) is 32.8 Å². The highest BCUT2D eigenvalue weighted by atomic mass is 16.5. The Morgan fingerprint density at radius 1 is 1.32 bits per heavy atom. The van der Waals surface area contributed by atoms with E-state index < -0.39 is 0 Å². The van der Waals surface area contributed by atoms with Gasteiger partial charge in [-0.1, -0.05) is 25.5 Å². The average Bonchev–Trinajstić information content (AvgIpc) is 2.43. The van der Waals surface area contributed by atoms with Crippen molar-refractivity contribution in [1.29, 1.82) is 0 Å². The highest BCUT2D eigenvalue weighted by Crippen LogP contribution is 2.26. The molecule has 1 rings (SSSR count). The summed E-state index contributed by atoms with van der Waals surface area (Å²) in [4.78, 5) is 2.60. The molecule has 3 heteroatoms. The Morgan fingerprint density at radius 2 is 1.95 bits per heavy atom. The van der Waals surface area contributed by atoms with E-state index in [0.29, 0.717) is 6.04 Å². The number of allylic oxidation sites excluding steroid dienone is 1.